The van der Waals surface area contributed by atoms with Gasteiger partial charge in [0.2, 0.25) is 0 Å². The highest BCUT2D eigenvalue weighted by Crippen LogP contribution is 2.18. The summed E-state index contributed by atoms with van der Waals surface area (Å²) in [6, 6.07) is 7.65. The molecular formula is C15H18N2O2. The largest absolute Gasteiger partial charge is 0.491 e. The van der Waals surface area contributed by atoms with Gasteiger partial charge in [-0.15, -0.1) is 0 Å². The molecule has 0 radical (unpaired) electrons. The van der Waals surface area contributed by atoms with E-state index in [4.69, 9.17) is 4.74 Å². The molecule has 4 nitrogen and oxygen atoms in total. The first-order chi connectivity index (χ1) is 9.06. The normalized spacial score (nSPS) is 10.5. The molecule has 0 saturated carbocycles. The fourth-order valence-electron chi connectivity index (χ4n) is 1.80. The topological polar surface area (TPSA) is 44.1 Å². The standard InChI is InChI=1S/C15H18N2O2/c1-11-4-5-13(3)14(8-11)19-7-6-17-15(18)9-12(2)10-16-17/h4-5,8-10H,6-7H2,1-3H3. The van der Waals surface area contributed by atoms with Gasteiger partial charge in [0.25, 0.3) is 5.56 Å². The number of benzene rings is 1. The van der Waals surface area contributed by atoms with E-state index in [-0.39, 0.29) is 5.56 Å². The summed E-state index contributed by atoms with van der Waals surface area (Å²) in [5.74, 6) is 0.861. The van der Waals surface area contributed by atoms with Gasteiger partial charge in [-0.05, 0) is 43.5 Å². The van der Waals surface area contributed by atoms with Crippen molar-refractivity contribution in [2.24, 2.45) is 0 Å². The molecule has 0 atom stereocenters. The SMILES string of the molecule is Cc1ccc(C)c(OCCn2ncc(C)cc2=O)c1. The van der Waals surface area contributed by atoms with Crippen molar-refractivity contribution in [1.29, 1.82) is 0 Å². The third-order valence-electron chi connectivity index (χ3n) is 2.91. The van der Waals surface area contributed by atoms with Crippen molar-refractivity contribution in [3.8, 4) is 5.75 Å². The van der Waals surface area contributed by atoms with Crippen molar-refractivity contribution in [3.63, 3.8) is 0 Å². The van der Waals surface area contributed by atoms with Crippen LogP contribution in [0.4, 0.5) is 0 Å². The van der Waals surface area contributed by atoms with Crippen molar-refractivity contribution in [2.45, 2.75) is 27.3 Å². The third-order valence-corrected chi connectivity index (χ3v) is 2.91. The molecule has 0 aliphatic heterocycles. The lowest BCUT2D eigenvalue weighted by Gasteiger charge is -2.10. The number of hydrogen-bond acceptors (Lipinski definition) is 3. The highest BCUT2D eigenvalue weighted by atomic mass is 16.5. The predicted molar refractivity (Wildman–Crippen MR) is 74.6 cm³/mol. The molecule has 0 aliphatic rings. The third kappa shape index (κ3) is 3.44. The molecule has 0 spiro atoms. The van der Waals surface area contributed by atoms with Crippen molar-refractivity contribution < 1.29 is 4.74 Å². The Balaban J connectivity index is 2.00. The Kier molecular flexibility index (Phi) is 4.00. The summed E-state index contributed by atoms with van der Waals surface area (Å²) in [7, 11) is 0. The van der Waals surface area contributed by atoms with E-state index in [1.165, 1.54) is 4.68 Å². The van der Waals surface area contributed by atoms with Gasteiger partial charge in [0.15, 0.2) is 0 Å². The number of nitrogens with zero attached hydrogens (tertiary/aromatic N) is 2. The summed E-state index contributed by atoms with van der Waals surface area (Å²) in [6.45, 7) is 6.77. The lowest BCUT2D eigenvalue weighted by Crippen LogP contribution is -2.25. The monoisotopic (exact) mass is 258 g/mol. The molecule has 1 heterocycles. The van der Waals surface area contributed by atoms with E-state index in [9.17, 15) is 4.79 Å². The minimum Gasteiger partial charge on any atom is -0.491 e. The molecule has 19 heavy (non-hydrogen) atoms. The van der Waals surface area contributed by atoms with Crippen molar-refractivity contribution in [3.05, 3.63) is 57.5 Å². The van der Waals surface area contributed by atoms with Gasteiger partial charge in [0.05, 0.1) is 12.7 Å². The van der Waals surface area contributed by atoms with E-state index in [2.05, 4.69) is 5.10 Å². The maximum atomic E-state index is 11.6. The van der Waals surface area contributed by atoms with Crippen LogP contribution in [0.25, 0.3) is 0 Å². The molecule has 0 fully saturated rings. The number of aromatic nitrogens is 2. The Bertz CT molecular complexity index is 632. The van der Waals surface area contributed by atoms with Crippen LogP contribution < -0.4 is 10.3 Å². The summed E-state index contributed by atoms with van der Waals surface area (Å²) in [5, 5.41) is 4.07. The molecule has 1 aromatic heterocycles. The molecule has 0 saturated heterocycles. The Hall–Kier alpha value is -2.10. The van der Waals surface area contributed by atoms with Gasteiger partial charge in [-0.2, -0.15) is 5.10 Å². The molecule has 0 unspecified atom stereocenters. The van der Waals surface area contributed by atoms with Gasteiger partial charge in [0.1, 0.15) is 12.4 Å². The molecule has 0 bridgehead atoms. The summed E-state index contributed by atoms with van der Waals surface area (Å²) in [4.78, 5) is 11.6. The molecule has 0 amide bonds. The van der Waals surface area contributed by atoms with E-state index in [1.54, 1.807) is 12.3 Å². The Labute approximate surface area is 112 Å². The maximum Gasteiger partial charge on any atom is 0.267 e. The molecule has 0 aliphatic carbocycles. The molecule has 0 N–H and O–H groups in total. The average molecular weight is 258 g/mol. The molecule has 1 aromatic carbocycles. The van der Waals surface area contributed by atoms with Gasteiger partial charge in [0, 0.05) is 6.07 Å². The number of rotatable bonds is 4. The van der Waals surface area contributed by atoms with Crippen LogP contribution in [0.1, 0.15) is 16.7 Å². The zero-order valence-corrected chi connectivity index (χ0v) is 11.5. The molecular weight excluding hydrogens is 240 g/mol. The molecule has 100 valence electrons. The van der Waals surface area contributed by atoms with Gasteiger partial charge in [-0.1, -0.05) is 12.1 Å². The zero-order chi connectivity index (χ0) is 13.8. The molecule has 2 rings (SSSR count). The van der Waals surface area contributed by atoms with Crippen LogP contribution >= 0.6 is 0 Å². The van der Waals surface area contributed by atoms with Crippen LogP contribution in [0, 0.1) is 20.8 Å². The van der Waals surface area contributed by atoms with Crippen LogP contribution in [0.15, 0.2) is 35.3 Å². The van der Waals surface area contributed by atoms with Crippen molar-refractivity contribution >= 4 is 0 Å². The van der Waals surface area contributed by atoms with Crippen LogP contribution in [-0.2, 0) is 6.54 Å². The van der Waals surface area contributed by atoms with E-state index in [0.29, 0.717) is 13.2 Å². The van der Waals surface area contributed by atoms with Crippen LogP contribution in [0.5, 0.6) is 5.75 Å². The average Bonchev–Trinajstić information content (AvgIpc) is 2.36. The summed E-state index contributed by atoms with van der Waals surface area (Å²) >= 11 is 0. The first-order valence-electron chi connectivity index (χ1n) is 6.30. The van der Waals surface area contributed by atoms with Gasteiger partial charge < -0.3 is 4.74 Å². The first kappa shape index (κ1) is 13.3. The van der Waals surface area contributed by atoms with Crippen molar-refractivity contribution in [2.75, 3.05) is 6.61 Å². The van der Waals surface area contributed by atoms with Gasteiger partial charge >= 0.3 is 0 Å². The second-order valence-corrected chi connectivity index (χ2v) is 4.71. The fraction of sp³-hybridized carbons (Fsp3) is 0.333. The lowest BCUT2D eigenvalue weighted by molar-refractivity contribution is 0.286. The van der Waals surface area contributed by atoms with Crippen LogP contribution in [0.2, 0.25) is 0 Å². The lowest BCUT2D eigenvalue weighted by atomic mass is 10.1. The smallest absolute Gasteiger partial charge is 0.267 e. The summed E-state index contributed by atoms with van der Waals surface area (Å²) in [5.41, 5.74) is 3.03. The Morgan fingerprint density at radius 1 is 1.16 bits per heavy atom. The fourth-order valence-corrected chi connectivity index (χ4v) is 1.80. The summed E-state index contributed by atoms with van der Waals surface area (Å²) < 4.78 is 7.12. The zero-order valence-electron chi connectivity index (χ0n) is 11.5. The minimum atomic E-state index is -0.0930. The Morgan fingerprint density at radius 3 is 2.68 bits per heavy atom. The summed E-state index contributed by atoms with van der Waals surface area (Å²) in [6.07, 6.45) is 1.68. The van der Waals surface area contributed by atoms with Gasteiger partial charge in [-0.3, -0.25) is 4.79 Å². The Morgan fingerprint density at radius 2 is 1.95 bits per heavy atom. The van der Waals surface area contributed by atoms with E-state index in [0.717, 1.165) is 22.4 Å². The minimum absolute atomic E-state index is 0.0930. The van der Waals surface area contributed by atoms with Crippen molar-refractivity contribution in [1.82, 2.24) is 9.78 Å². The number of aryl methyl sites for hydroxylation is 3. The highest BCUT2D eigenvalue weighted by molar-refractivity contribution is 5.35. The second kappa shape index (κ2) is 5.69. The van der Waals surface area contributed by atoms with E-state index < -0.39 is 0 Å². The van der Waals surface area contributed by atoms with E-state index in [1.807, 2.05) is 39.0 Å². The number of ether oxygens (including phenoxy) is 1. The van der Waals surface area contributed by atoms with E-state index >= 15 is 0 Å². The maximum absolute atomic E-state index is 11.6. The molecule has 2 aromatic rings. The number of hydrogen-bond donors (Lipinski definition) is 0. The predicted octanol–water partition coefficient (Wildman–Crippen LogP) is 2.25. The first-order valence-corrected chi connectivity index (χ1v) is 6.30. The van der Waals surface area contributed by atoms with Gasteiger partial charge in [-0.25, -0.2) is 4.68 Å². The molecule has 4 heteroatoms. The quantitative estimate of drug-likeness (QED) is 0.844. The van der Waals surface area contributed by atoms with Crippen LogP contribution in [0.3, 0.4) is 0 Å². The second-order valence-electron chi connectivity index (χ2n) is 4.71. The highest BCUT2D eigenvalue weighted by Gasteiger charge is 2.01. The van der Waals surface area contributed by atoms with Crippen LogP contribution in [-0.4, -0.2) is 16.4 Å².